The highest BCUT2D eigenvalue weighted by Gasteiger charge is 2.22. The molecule has 0 saturated carbocycles. The summed E-state index contributed by atoms with van der Waals surface area (Å²) in [5.41, 5.74) is 5.84. The van der Waals surface area contributed by atoms with Gasteiger partial charge in [0.05, 0.1) is 10.6 Å². The number of benzene rings is 2. The lowest BCUT2D eigenvalue weighted by Crippen LogP contribution is -2.45. The zero-order chi connectivity index (χ0) is 20.3. The molecule has 1 N–H and O–H groups in total. The van der Waals surface area contributed by atoms with E-state index in [0.717, 1.165) is 52.6 Å². The van der Waals surface area contributed by atoms with E-state index in [9.17, 15) is 4.79 Å². The van der Waals surface area contributed by atoms with Crippen molar-refractivity contribution in [2.45, 2.75) is 29.1 Å². The van der Waals surface area contributed by atoms with E-state index in [0.29, 0.717) is 5.82 Å². The van der Waals surface area contributed by atoms with Crippen molar-refractivity contribution < 1.29 is 4.79 Å². The Hall–Kier alpha value is -3.03. The molecule has 3 aromatic rings. The van der Waals surface area contributed by atoms with Crippen LogP contribution in [-0.2, 0) is 0 Å². The number of hydrogen-bond acceptors (Lipinski definition) is 6. The number of hydrogen-bond donors (Lipinski definition) is 1. The van der Waals surface area contributed by atoms with Gasteiger partial charge in [0.1, 0.15) is 0 Å². The second kappa shape index (κ2) is 8.38. The van der Waals surface area contributed by atoms with Crippen molar-refractivity contribution in [2.75, 3.05) is 13.1 Å². The summed E-state index contributed by atoms with van der Waals surface area (Å²) in [5, 5.41) is 1.95. The summed E-state index contributed by atoms with van der Waals surface area (Å²) in [6.45, 7) is 1.72. The highest BCUT2D eigenvalue weighted by Crippen LogP contribution is 2.39. The molecule has 30 heavy (non-hydrogen) atoms. The van der Waals surface area contributed by atoms with Gasteiger partial charge < -0.3 is 0 Å². The molecule has 7 heteroatoms. The number of carbonyl (C=O) groups excluding carboxylic acids is 1. The molecule has 1 amide bonds. The third-order valence-electron chi connectivity index (χ3n) is 5.18. The van der Waals surface area contributed by atoms with Gasteiger partial charge in [-0.1, -0.05) is 66.7 Å². The second-order valence-electron chi connectivity index (χ2n) is 7.29. The van der Waals surface area contributed by atoms with E-state index < -0.39 is 0 Å². The van der Waals surface area contributed by atoms with E-state index >= 15 is 0 Å². The van der Waals surface area contributed by atoms with Crippen LogP contribution in [0, 0.1) is 0 Å². The lowest BCUT2D eigenvalue weighted by atomic mass is 10.0. The van der Waals surface area contributed by atoms with Crippen molar-refractivity contribution >= 4 is 29.2 Å². The molecule has 2 aromatic carbocycles. The van der Waals surface area contributed by atoms with Crippen molar-refractivity contribution in [3.8, 4) is 0 Å². The van der Waals surface area contributed by atoms with E-state index in [-0.39, 0.29) is 11.7 Å². The summed E-state index contributed by atoms with van der Waals surface area (Å²) in [6, 6.07) is 18.2. The predicted octanol–water partition coefficient (Wildman–Crippen LogP) is 4.24. The van der Waals surface area contributed by atoms with Gasteiger partial charge in [-0.15, -0.1) is 0 Å². The van der Waals surface area contributed by atoms with Crippen molar-refractivity contribution in [1.82, 2.24) is 20.4 Å². The first kappa shape index (κ1) is 19.0. The van der Waals surface area contributed by atoms with Crippen LogP contribution < -0.4 is 5.43 Å². The molecule has 0 bridgehead atoms. The van der Waals surface area contributed by atoms with E-state index in [4.69, 9.17) is 4.99 Å². The van der Waals surface area contributed by atoms with Gasteiger partial charge in [0.25, 0.3) is 0 Å². The van der Waals surface area contributed by atoms with Crippen LogP contribution in [0.3, 0.4) is 0 Å². The highest BCUT2D eigenvalue weighted by atomic mass is 32.2. The van der Waals surface area contributed by atoms with E-state index in [1.807, 2.05) is 47.5 Å². The number of hydrazine groups is 1. The molecule has 0 radical (unpaired) electrons. The third kappa shape index (κ3) is 3.86. The summed E-state index contributed by atoms with van der Waals surface area (Å²) >= 11 is 1.58. The Kier molecular flexibility index (Phi) is 5.29. The average molecular weight is 416 g/mol. The summed E-state index contributed by atoms with van der Waals surface area (Å²) in [5.74, 6) is 0.374. The molecule has 2 aliphatic rings. The fraction of sp³-hybridized carbons (Fsp3) is 0.217. The van der Waals surface area contributed by atoms with Crippen LogP contribution in [0.1, 0.15) is 41.0 Å². The van der Waals surface area contributed by atoms with Gasteiger partial charge in [0, 0.05) is 35.3 Å². The first-order valence-corrected chi connectivity index (χ1v) is 10.9. The van der Waals surface area contributed by atoms with Crippen LogP contribution in [0.25, 0.3) is 0 Å². The fourth-order valence-corrected chi connectivity index (χ4v) is 4.62. The van der Waals surface area contributed by atoms with Crippen LogP contribution >= 0.6 is 11.8 Å². The Morgan fingerprint density at radius 2 is 1.70 bits per heavy atom. The zero-order valence-corrected chi connectivity index (χ0v) is 17.2. The number of amides is 1. The average Bonchev–Trinajstić information content (AvgIpc) is 2.96. The molecule has 1 fully saturated rings. The van der Waals surface area contributed by atoms with Gasteiger partial charge in [-0.25, -0.2) is 20.0 Å². The number of fused-ring (bicyclic) bond motifs is 2. The van der Waals surface area contributed by atoms with Gasteiger partial charge in [-0.05, 0) is 18.9 Å². The number of rotatable bonds is 3. The summed E-state index contributed by atoms with van der Waals surface area (Å²) in [7, 11) is 0. The highest BCUT2D eigenvalue weighted by molar-refractivity contribution is 7.99. The summed E-state index contributed by atoms with van der Waals surface area (Å²) < 4.78 is 0. The molecular weight excluding hydrogens is 394 g/mol. The molecule has 150 valence electrons. The van der Waals surface area contributed by atoms with Crippen molar-refractivity contribution in [3.05, 3.63) is 77.7 Å². The largest absolute Gasteiger partial charge is 0.303 e. The third-order valence-corrected chi connectivity index (χ3v) is 6.27. The number of carbonyl (C=O) groups is 1. The second-order valence-corrected chi connectivity index (χ2v) is 8.38. The minimum Gasteiger partial charge on any atom is -0.282 e. The van der Waals surface area contributed by atoms with Gasteiger partial charge in [-0.3, -0.25) is 10.2 Å². The Morgan fingerprint density at radius 3 is 2.53 bits per heavy atom. The quantitative estimate of drug-likeness (QED) is 0.542. The monoisotopic (exact) mass is 415 g/mol. The van der Waals surface area contributed by atoms with E-state index in [2.05, 4.69) is 27.5 Å². The minimum absolute atomic E-state index is 0.141. The number of nitrogens with zero attached hydrogens (tertiary/aromatic N) is 4. The Balaban J connectivity index is 1.53. The smallest absolute Gasteiger partial charge is 0.282 e. The molecule has 2 aliphatic heterocycles. The zero-order valence-electron chi connectivity index (χ0n) is 16.4. The van der Waals surface area contributed by atoms with Crippen LogP contribution in [0.15, 0.2) is 75.6 Å². The van der Waals surface area contributed by atoms with Gasteiger partial charge in [0.2, 0.25) is 5.82 Å². The van der Waals surface area contributed by atoms with E-state index in [1.165, 1.54) is 6.42 Å². The Labute approximate surface area is 179 Å². The van der Waals surface area contributed by atoms with Crippen molar-refractivity contribution in [2.24, 2.45) is 4.99 Å². The normalized spacial score (nSPS) is 16.1. The number of nitrogens with one attached hydrogen (secondary N) is 1. The topological polar surface area (TPSA) is 70.5 Å². The maximum Gasteiger partial charge on any atom is 0.303 e. The standard InChI is InChI=1S/C23H21N5OS/c29-23(27-28-13-7-2-8-14-28)22-24-15-19-21(26-22)25-20(16-9-3-1-4-10-16)17-11-5-6-12-18(17)30-19/h1,3-6,9-12,15H,2,7-8,13-14H2,(H,27,29). The van der Waals surface area contributed by atoms with E-state index in [1.54, 1.807) is 18.0 Å². The molecule has 0 atom stereocenters. The number of aromatic nitrogens is 2. The Morgan fingerprint density at radius 1 is 0.933 bits per heavy atom. The van der Waals surface area contributed by atoms with Gasteiger partial charge >= 0.3 is 5.91 Å². The first-order valence-electron chi connectivity index (χ1n) is 10.1. The van der Waals surface area contributed by atoms with Crippen LogP contribution in [0.2, 0.25) is 0 Å². The molecule has 5 rings (SSSR count). The van der Waals surface area contributed by atoms with Crippen LogP contribution in [-0.4, -0.2) is 39.7 Å². The fourth-order valence-electron chi connectivity index (χ4n) is 3.67. The maximum absolute atomic E-state index is 12.7. The summed E-state index contributed by atoms with van der Waals surface area (Å²) in [6.07, 6.45) is 5.08. The molecule has 0 unspecified atom stereocenters. The lowest BCUT2D eigenvalue weighted by Gasteiger charge is -2.26. The van der Waals surface area contributed by atoms with Crippen molar-refractivity contribution in [1.29, 1.82) is 0 Å². The SMILES string of the molecule is O=C(NN1CCCCC1)c1ncc2c(n1)N=C(c1ccccc1)c1ccccc1S2. The molecule has 1 aromatic heterocycles. The predicted molar refractivity (Wildman–Crippen MR) is 117 cm³/mol. The molecular formula is C23H21N5OS. The molecule has 3 heterocycles. The minimum atomic E-state index is -0.289. The van der Waals surface area contributed by atoms with Crippen LogP contribution in [0.4, 0.5) is 5.82 Å². The van der Waals surface area contributed by atoms with Crippen LogP contribution in [0.5, 0.6) is 0 Å². The Bertz CT molecular complexity index is 1110. The summed E-state index contributed by atoms with van der Waals surface area (Å²) in [4.78, 5) is 28.4. The number of piperidine rings is 1. The molecule has 0 aliphatic carbocycles. The first-order chi connectivity index (χ1) is 14.8. The van der Waals surface area contributed by atoms with Crippen molar-refractivity contribution in [3.63, 3.8) is 0 Å². The lowest BCUT2D eigenvalue weighted by molar-refractivity contribution is 0.0739. The molecule has 0 spiro atoms. The van der Waals surface area contributed by atoms with Gasteiger partial charge in [0.15, 0.2) is 5.82 Å². The number of aliphatic imine (C=N–C) groups is 1. The molecule has 6 nitrogen and oxygen atoms in total. The van der Waals surface area contributed by atoms with Gasteiger partial charge in [-0.2, -0.15) is 0 Å². The molecule has 1 saturated heterocycles. The maximum atomic E-state index is 12.7.